The van der Waals surface area contributed by atoms with Gasteiger partial charge in [-0.25, -0.2) is 0 Å². The number of thioether (sulfide) groups is 1. The fourth-order valence-electron chi connectivity index (χ4n) is 2.33. The van der Waals surface area contributed by atoms with Gasteiger partial charge < -0.3 is 5.32 Å². The SMILES string of the molecule is CNCc1cccc(CN(C)C2CCSC2)c1. The summed E-state index contributed by atoms with van der Waals surface area (Å²) in [6.07, 6.45) is 1.34. The van der Waals surface area contributed by atoms with Gasteiger partial charge in [-0.3, -0.25) is 4.90 Å². The summed E-state index contributed by atoms with van der Waals surface area (Å²) in [5, 5.41) is 3.20. The average molecular weight is 250 g/mol. The zero-order chi connectivity index (χ0) is 12.1. The molecule has 0 spiro atoms. The molecule has 1 saturated heterocycles. The van der Waals surface area contributed by atoms with Crippen molar-refractivity contribution in [3.8, 4) is 0 Å². The van der Waals surface area contributed by atoms with Gasteiger partial charge in [-0.2, -0.15) is 11.8 Å². The van der Waals surface area contributed by atoms with E-state index in [2.05, 4.69) is 53.3 Å². The molecule has 3 heteroatoms. The van der Waals surface area contributed by atoms with Crippen LogP contribution in [0.25, 0.3) is 0 Å². The molecule has 0 radical (unpaired) electrons. The van der Waals surface area contributed by atoms with E-state index in [1.807, 2.05) is 7.05 Å². The first kappa shape index (κ1) is 12.9. The Morgan fingerprint density at radius 3 is 2.94 bits per heavy atom. The first-order valence-electron chi connectivity index (χ1n) is 6.30. The van der Waals surface area contributed by atoms with Crippen molar-refractivity contribution in [3.05, 3.63) is 35.4 Å². The highest BCUT2D eigenvalue weighted by molar-refractivity contribution is 7.99. The molecule has 2 nitrogen and oxygen atoms in total. The summed E-state index contributed by atoms with van der Waals surface area (Å²) in [7, 11) is 4.25. The highest BCUT2D eigenvalue weighted by Gasteiger charge is 2.19. The summed E-state index contributed by atoms with van der Waals surface area (Å²) in [5.41, 5.74) is 2.80. The van der Waals surface area contributed by atoms with E-state index in [1.165, 1.54) is 29.1 Å². The second-order valence-corrected chi connectivity index (χ2v) is 5.93. The molecule has 17 heavy (non-hydrogen) atoms. The number of nitrogens with one attached hydrogen (secondary N) is 1. The van der Waals surface area contributed by atoms with E-state index in [1.54, 1.807) is 0 Å². The minimum atomic E-state index is 0.771. The summed E-state index contributed by atoms with van der Waals surface area (Å²) in [6, 6.07) is 9.67. The van der Waals surface area contributed by atoms with Gasteiger partial charge in [0.15, 0.2) is 0 Å². The molecule has 0 aromatic heterocycles. The zero-order valence-electron chi connectivity index (χ0n) is 10.8. The third-order valence-corrected chi connectivity index (χ3v) is 4.48. The quantitative estimate of drug-likeness (QED) is 0.863. The number of rotatable bonds is 5. The third-order valence-electron chi connectivity index (χ3n) is 3.33. The van der Waals surface area contributed by atoms with Crippen LogP contribution in [-0.2, 0) is 13.1 Å². The standard InChI is InChI=1S/C14H22N2S/c1-15-9-12-4-3-5-13(8-12)10-16(2)14-6-7-17-11-14/h3-5,8,14-15H,6-7,9-11H2,1-2H3. The maximum atomic E-state index is 3.20. The third kappa shape index (κ3) is 3.73. The normalized spacial score (nSPS) is 20.1. The molecule has 94 valence electrons. The van der Waals surface area contributed by atoms with Gasteiger partial charge in [0.05, 0.1) is 0 Å². The van der Waals surface area contributed by atoms with Gasteiger partial charge >= 0.3 is 0 Å². The van der Waals surface area contributed by atoms with E-state index in [0.717, 1.165) is 19.1 Å². The number of nitrogens with zero attached hydrogens (tertiary/aromatic N) is 1. The predicted octanol–water partition coefficient (Wildman–Crippen LogP) is 2.34. The van der Waals surface area contributed by atoms with Gasteiger partial charge in [0, 0.05) is 24.9 Å². The summed E-state index contributed by atoms with van der Waals surface area (Å²) in [6.45, 7) is 2.03. The Bertz CT molecular complexity index is 348. The van der Waals surface area contributed by atoms with Gasteiger partial charge in [-0.15, -0.1) is 0 Å². The topological polar surface area (TPSA) is 15.3 Å². The fraction of sp³-hybridized carbons (Fsp3) is 0.571. The van der Waals surface area contributed by atoms with Crippen molar-refractivity contribution in [2.24, 2.45) is 0 Å². The highest BCUT2D eigenvalue weighted by Crippen LogP contribution is 2.22. The van der Waals surface area contributed by atoms with Gasteiger partial charge in [0.25, 0.3) is 0 Å². The summed E-state index contributed by atoms with van der Waals surface area (Å²) in [4.78, 5) is 2.50. The number of hydrogen-bond acceptors (Lipinski definition) is 3. The van der Waals surface area contributed by atoms with Crippen LogP contribution < -0.4 is 5.32 Å². The molecular weight excluding hydrogens is 228 g/mol. The molecule has 0 saturated carbocycles. The Morgan fingerprint density at radius 2 is 2.24 bits per heavy atom. The molecule has 0 amide bonds. The van der Waals surface area contributed by atoms with E-state index in [0.29, 0.717) is 0 Å². The first-order valence-corrected chi connectivity index (χ1v) is 7.45. The second kappa shape index (κ2) is 6.43. The maximum absolute atomic E-state index is 3.20. The van der Waals surface area contributed by atoms with Crippen molar-refractivity contribution in [1.82, 2.24) is 10.2 Å². The lowest BCUT2D eigenvalue weighted by Crippen LogP contribution is -2.30. The van der Waals surface area contributed by atoms with Crippen LogP contribution in [0.4, 0.5) is 0 Å². The Kier molecular flexibility index (Phi) is 4.89. The molecular formula is C14H22N2S. The van der Waals surface area contributed by atoms with Crippen LogP contribution in [0.3, 0.4) is 0 Å². The molecule has 0 bridgehead atoms. The molecule has 1 aliphatic heterocycles. The summed E-state index contributed by atoms with van der Waals surface area (Å²) in [5.74, 6) is 2.63. The minimum Gasteiger partial charge on any atom is -0.316 e. The van der Waals surface area contributed by atoms with E-state index in [-0.39, 0.29) is 0 Å². The Hall–Kier alpha value is -0.510. The molecule has 1 N–H and O–H groups in total. The molecule has 1 atom stereocenters. The molecule has 1 aromatic rings. The van der Waals surface area contributed by atoms with Crippen molar-refractivity contribution in [3.63, 3.8) is 0 Å². The van der Waals surface area contributed by atoms with E-state index >= 15 is 0 Å². The number of hydrogen-bond donors (Lipinski definition) is 1. The molecule has 0 aliphatic carbocycles. The van der Waals surface area contributed by atoms with Crippen LogP contribution in [0.15, 0.2) is 24.3 Å². The fourth-order valence-corrected chi connectivity index (χ4v) is 3.63. The Balaban J connectivity index is 1.94. The van der Waals surface area contributed by atoms with Crippen LogP contribution in [0.5, 0.6) is 0 Å². The van der Waals surface area contributed by atoms with Crippen LogP contribution in [0, 0.1) is 0 Å². The summed E-state index contributed by atoms with van der Waals surface area (Å²) < 4.78 is 0. The molecule has 2 rings (SSSR count). The van der Waals surface area contributed by atoms with Crippen LogP contribution >= 0.6 is 11.8 Å². The van der Waals surface area contributed by atoms with Crippen molar-refractivity contribution in [2.75, 3.05) is 25.6 Å². The van der Waals surface area contributed by atoms with Gasteiger partial charge in [-0.1, -0.05) is 24.3 Å². The molecule has 1 fully saturated rings. The molecule has 1 heterocycles. The van der Waals surface area contributed by atoms with Crippen LogP contribution in [0.2, 0.25) is 0 Å². The second-order valence-electron chi connectivity index (χ2n) is 4.78. The summed E-state index contributed by atoms with van der Waals surface area (Å²) >= 11 is 2.08. The van der Waals surface area contributed by atoms with E-state index in [9.17, 15) is 0 Å². The van der Waals surface area contributed by atoms with Crippen molar-refractivity contribution < 1.29 is 0 Å². The zero-order valence-corrected chi connectivity index (χ0v) is 11.6. The molecule has 1 aliphatic rings. The largest absolute Gasteiger partial charge is 0.316 e. The first-order chi connectivity index (χ1) is 8.29. The van der Waals surface area contributed by atoms with E-state index < -0.39 is 0 Å². The Morgan fingerprint density at radius 1 is 1.41 bits per heavy atom. The lowest BCUT2D eigenvalue weighted by atomic mass is 10.1. The van der Waals surface area contributed by atoms with Gasteiger partial charge in [-0.05, 0) is 37.4 Å². The van der Waals surface area contributed by atoms with Crippen molar-refractivity contribution in [1.29, 1.82) is 0 Å². The van der Waals surface area contributed by atoms with Crippen molar-refractivity contribution in [2.45, 2.75) is 25.6 Å². The van der Waals surface area contributed by atoms with Crippen LogP contribution in [0.1, 0.15) is 17.5 Å². The monoisotopic (exact) mass is 250 g/mol. The smallest absolute Gasteiger partial charge is 0.0234 e. The van der Waals surface area contributed by atoms with Gasteiger partial charge in [0.2, 0.25) is 0 Å². The average Bonchev–Trinajstić information content (AvgIpc) is 2.83. The lowest BCUT2D eigenvalue weighted by molar-refractivity contribution is 0.254. The predicted molar refractivity (Wildman–Crippen MR) is 76.4 cm³/mol. The molecule has 1 unspecified atom stereocenters. The molecule has 1 aromatic carbocycles. The van der Waals surface area contributed by atoms with Crippen molar-refractivity contribution >= 4 is 11.8 Å². The Labute approximate surface area is 109 Å². The number of benzene rings is 1. The highest BCUT2D eigenvalue weighted by atomic mass is 32.2. The maximum Gasteiger partial charge on any atom is 0.0234 e. The van der Waals surface area contributed by atoms with E-state index in [4.69, 9.17) is 0 Å². The van der Waals surface area contributed by atoms with Crippen LogP contribution in [-0.4, -0.2) is 36.5 Å². The minimum absolute atomic E-state index is 0.771. The van der Waals surface area contributed by atoms with Gasteiger partial charge in [0.1, 0.15) is 0 Å². The lowest BCUT2D eigenvalue weighted by Gasteiger charge is -2.23.